The van der Waals surface area contributed by atoms with Gasteiger partial charge < -0.3 is 15.2 Å². The number of carbonyl (C=O) groups is 1. The molecule has 7 nitrogen and oxygen atoms in total. The molecule has 1 aromatic carbocycles. The fraction of sp³-hybridized carbons (Fsp3) is 0.217. The van der Waals surface area contributed by atoms with Crippen LogP contribution in [0.25, 0.3) is 21.3 Å². The van der Waals surface area contributed by atoms with Crippen LogP contribution >= 0.6 is 11.3 Å². The number of hydrogen-bond acceptors (Lipinski definition) is 7. The number of fused-ring (bicyclic) bond motifs is 1. The fourth-order valence-electron chi connectivity index (χ4n) is 4.19. The first-order valence-corrected chi connectivity index (χ1v) is 10.7. The Bertz CT molecular complexity index is 1330. The van der Waals surface area contributed by atoms with Crippen LogP contribution in [-0.4, -0.2) is 33.5 Å². The molecule has 154 valence electrons. The molecular weight excluding hydrogens is 410 g/mol. The molecule has 2 atom stereocenters. The van der Waals surface area contributed by atoms with Gasteiger partial charge in [-0.05, 0) is 37.1 Å². The zero-order valence-corrected chi connectivity index (χ0v) is 17.8. The topological polar surface area (TPSA) is 109 Å². The molecule has 4 aromatic rings. The number of nitrogen functional groups attached to an aromatic ring is 1. The molecule has 1 aliphatic heterocycles. The molecule has 1 amide bonds. The van der Waals surface area contributed by atoms with E-state index in [1.165, 1.54) is 11.3 Å². The van der Waals surface area contributed by atoms with Crippen LogP contribution in [-0.2, 0) is 0 Å². The first kappa shape index (κ1) is 19.3. The number of benzene rings is 1. The van der Waals surface area contributed by atoms with Crippen LogP contribution in [0.15, 0.2) is 47.1 Å². The Labute approximate surface area is 182 Å². The van der Waals surface area contributed by atoms with Crippen molar-refractivity contribution in [2.24, 2.45) is 0 Å². The number of anilines is 1. The summed E-state index contributed by atoms with van der Waals surface area (Å²) in [4.78, 5) is 20.2. The number of likely N-dealkylation sites (tertiary alicyclic amines) is 1. The molecule has 0 aliphatic carbocycles. The third-order valence-electron chi connectivity index (χ3n) is 5.86. The molecule has 0 bridgehead atoms. The molecule has 1 aliphatic rings. The highest BCUT2D eigenvalue weighted by molar-refractivity contribution is 7.21. The third kappa shape index (κ3) is 2.97. The average molecular weight is 430 g/mol. The van der Waals surface area contributed by atoms with Crippen molar-refractivity contribution >= 4 is 33.1 Å². The van der Waals surface area contributed by atoms with Crippen LogP contribution in [0.5, 0.6) is 0 Å². The summed E-state index contributed by atoms with van der Waals surface area (Å²) >= 11 is 1.27. The number of rotatable bonds is 3. The smallest absolute Gasteiger partial charge is 0.267 e. The van der Waals surface area contributed by atoms with Gasteiger partial charge in [-0.25, -0.2) is 4.98 Å². The second kappa shape index (κ2) is 7.22. The van der Waals surface area contributed by atoms with Gasteiger partial charge in [0.15, 0.2) is 0 Å². The Hall–Kier alpha value is -3.70. The summed E-state index contributed by atoms with van der Waals surface area (Å²) in [6, 6.07) is 13.4. The van der Waals surface area contributed by atoms with Crippen molar-refractivity contribution in [2.75, 3.05) is 12.3 Å². The molecule has 2 N–H and O–H groups in total. The highest BCUT2D eigenvalue weighted by atomic mass is 32.1. The van der Waals surface area contributed by atoms with E-state index < -0.39 is 6.04 Å². The number of thiophene rings is 1. The van der Waals surface area contributed by atoms with E-state index in [9.17, 15) is 10.1 Å². The number of nitriles is 1. The molecule has 3 aromatic heterocycles. The molecular formula is C23H19N5O2S. The lowest BCUT2D eigenvalue weighted by Crippen LogP contribution is -2.56. The minimum absolute atomic E-state index is 0.0404. The second-order valence-electron chi connectivity index (χ2n) is 7.66. The van der Waals surface area contributed by atoms with E-state index in [2.05, 4.69) is 16.2 Å². The van der Waals surface area contributed by atoms with Crippen molar-refractivity contribution in [1.82, 2.24) is 15.0 Å². The zero-order valence-electron chi connectivity index (χ0n) is 17.0. The van der Waals surface area contributed by atoms with E-state index in [4.69, 9.17) is 10.3 Å². The van der Waals surface area contributed by atoms with Crippen LogP contribution in [0.2, 0.25) is 0 Å². The van der Waals surface area contributed by atoms with E-state index in [0.717, 1.165) is 38.4 Å². The van der Waals surface area contributed by atoms with Crippen molar-refractivity contribution < 1.29 is 9.32 Å². The molecule has 0 spiro atoms. The largest absolute Gasteiger partial charge is 0.397 e. The summed E-state index contributed by atoms with van der Waals surface area (Å²) in [5.74, 6) is 0.521. The molecule has 0 radical (unpaired) electrons. The Morgan fingerprint density at radius 2 is 2.06 bits per heavy atom. The number of nitrogens with zero attached hydrogens (tertiary/aromatic N) is 4. The number of nitrogens with two attached hydrogens (primary N) is 1. The number of aryl methyl sites for hydroxylation is 2. The SMILES string of the molecule is Cc1noc(C)c1-c1ccc(C2CN(C(=O)c3sc4ncccc4c3N)C2C#N)cc1. The monoisotopic (exact) mass is 429 g/mol. The summed E-state index contributed by atoms with van der Waals surface area (Å²) in [6.07, 6.45) is 1.68. The first-order valence-electron chi connectivity index (χ1n) is 9.86. The van der Waals surface area contributed by atoms with E-state index >= 15 is 0 Å². The third-order valence-corrected chi connectivity index (χ3v) is 6.98. The van der Waals surface area contributed by atoms with Crippen molar-refractivity contribution in [3.8, 4) is 17.2 Å². The van der Waals surface area contributed by atoms with Gasteiger partial charge in [-0.2, -0.15) is 5.26 Å². The second-order valence-corrected chi connectivity index (χ2v) is 8.66. The van der Waals surface area contributed by atoms with Gasteiger partial charge >= 0.3 is 0 Å². The van der Waals surface area contributed by atoms with Crippen molar-refractivity contribution in [1.29, 1.82) is 5.26 Å². The van der Waals surface area contributed by atoms with Crippen molar-refractivity contribution in [3.63, 3.8) is 0 Å². The number of aromatic nitrogens is 2. The average Bonchev–Trinajstić information content (AvgIpc) is 3.27. The number of hydrogen-bond donors (Lipinski definition) is 1. The standard InChI is InChI=1S/C23H19N5O2S/c1-12-19(13(2)30-27-12)15-7-5-14(6-8-15)17-11-28(18(17)10-24)23(29)21-20(25)16-4-3-9-26-22(16)31-21/h3-9,17-18H,11,25H2,1-2H3. The van der Waals surface area contributed by atoms with Gasteiger partial charge in [0.05, 0.1) is 17.5 Å². The quantitative estimate of drug-likeness (QED) is 0.520. The first-order chi connectivity index (χ1) is 15.0. The van der Waals surface area contributed by atoms with E-state index in [1.807, 2.05) is 44.2 Å². The van der Waals surface area contributed by atoms with E-state index in [-0.39, 0.29) is 11.8 Å². The van der Waals surface area contributed by atoms with Crippen molar-refractivity contribution in [3.05, 3.63) is 64.5 Å². The Kier molecular flexibility index (Phi) is 4.49. The van der Waals surface area contributed by atoms with Gasteiger partial charge in [0.2, 0.25) is 0 Å². The molecule has 1 saturated heterocycles. The van der Waals surface area contributed by atoms with E-state index in [0.29, 0.717) is 17.1 Å². The minimum Gasteiger partial charge on any atom is -0.397 e. The van der Waals surface area contributed by atoms with Gasteiger partial charge in [-0.3, -0.25) is 4.79 Å². The molecule has 8 heteroatoms. The highest BCUT2D eigenvalue weighted by Crippen LogP contribution is 2.39. The summed E-state index contributed by atoms with van der Waals surface area (Å²) in [5, 5.41) is 14.5. The molecule has 2 unspecified atom stereocenters. The van der Waals surface area contributed by atoms with E-state index in [1.54, 1.807) is 17.2 Å². The van der Waals surface area contributed by atoms with Gasteiger partial charge in [0.25, 0.3) is 5.91 Å². The highest BCUT2D eigenvalue weighted by Gasteiger charge is 2.44. The van der Waals surface area contributed by atoms with Crippen LogP contribution in [0, 0.1) is 25.2 Å². The Morgan fingerprint density at radius 1 is 1.29 bits per heavy atom. The Morgan fingerprint density at radius 3 is 2.71 bits per heavy atom. The molecule has 0 saturated carbocycles. The summed E-state index contributed by atoms with van der Waals surface area (Å²) < 4.78 is 5.26. The Balaban J connectivity index is 1.38. The molecule has 1 fully saturated rings. The predicted octanol–water partition coefficient (Wildman–Crippen LogP) is 4.28. The number of amides is 1. The predicted molar refractivity (Wildman–Crippen MR) is 119 cm³/mol. The van der Waals surface area contributed by atoms with Gasteiger partial charge in [0, 0.05) is 29.6 Å². The van der Waals surface area contributed by atoms with Gasteiger partial charge in [-0.15, -0.1) is 11.3 Å². The maximum absolute atomic E-state index is 13.1. The molecule has 4 heterocycles. The maximum Gasteiger partial charge on any atom is 0.267 e. The zero-order chi connectivity index (χ0) is 21.7. The normalized spacial score (nSPS) is 18.0. The lowest BCUT2D eigenvalue weighted by atomic mass is 9.82. The molecule has 31 heavy (non-hydrogen) atoms. The van der Waals surface area contributed by atoms with Gasteiger partial charge in [0.1, 0.15) is 21.5 Å². The maximum atomic E-state index is 13.1. The van der Waals surface area contributed by atoms with Crippen LogP contribution < -0.4 is 5.73 Å². The summed E-state index contributed by atoms with van der Waals surface area (Å²) in [6.45, 7) is 4.28. The van der Waals surface area contributed by atoms with Crippen LogP contribution in [0.1, 0.15) is 32.6 Å². The van der Waals surface area contributed by atoms with Crippen LogP contribution in [0.4, 0.5) is 5.69 Å². The fourth-order valence-corrected chi connectivity index (χ4v) is 5.21. The number of carbonyl (C=O) groups excluding carboxylic acids is 1. The summed E-state index contributed by atoms with van der Waals surface area (Å²) in [7, 11) is 0. The van der Waals surface area contributed by atoms with Crippen LogP contribution in [0.3, 0.4) is 0 Å². The minimum atomic E-state index is -0.532. The van der Waals surface area contributed by atoms with Crippen molar-refractivity contribution in [2.45, 2.75) is 25.8 Å². The lowest BCUT2D eigenvalue weighted by Gasteiger charge is -2.44. The lowest BCUT2D eigenvalue weighted by molar-refractivity contribution is 0.0492. The van der Waals surface area contributed by atoms with Gasteiger partial charge in [-0.1, -0.05) is 29.4 Å². The number of pyridine rings is 1. The summed E-state index contributed by atoms with van der Waals surface area (Å²) in [5.41, 5.74) is 10.5. The molecule has 5 rings (SSSR count).